The number of Topliss-reactive ketones (excluding diaryl/α,β-unsaturated/α-hetero) is 1. The van der Waals surface area contributed by atoms with Crippen LogP contribution < -0.4 is 0 Å². The fourth-order valence-corrected chi connectivity index (χ4v) is 8.15. The van der Waals surface area contributed by atoms with Gasteiger partial charge in [0.05, 0.1) is 0 Å². The molecule has 2 aliphatic heterocycles. The van der Waals surface area contributed by atoms with Crippen LogP contribution in [0.5, 0.6) is 0 Å². The Morgan fingerprint density at radius 1 is 1.10 bits per heavy atom. The molecule has 0 aromatic carbocycles. The Morgan fingerprint density at radius 2 is 1.87 bits per heavy atom. The SMILES string of the molecule is CCC.C[C@]12C=CCC=C1CC[C@@H]1[C@@H]2C(=O)C[C@@]2(C)[C@H]1CC[C@@]21OCOC12COCO2. The molecule has 6 rings (SSSR count). The van der Waals surface area contributed by atoms with Crippen LogP contribution in [0.25, 0.3) is 0 Å². The van der Waals surface area contributed by atoms with Crippen molar-refractivity contribution in [2.45, 2.75) is 84.0 Å². The predicted octanol–water partition coefficient (Wildman–Crippen LogP) is 5.15. The first-order valence-electron chi connectivity index (χ1n) is 12.3. The van der Waals surface area contributed by atoms with Crippen LogP contribution in [-0.2, 0) is 23.7 Å². The molecule has 0 aromatic rings. The molecule has 6 aliphatic rings. The second kappa shape index (κ2) is 7.51. The minimum absolute atomic E-state index is 0.0938. The predicted molar refractivity (Wildman–Crippen MR) is 117 cm³/mol. The van der Waals surface area contributed by atoms with E-state index in [2.05, 4.69) is 45.9 Å². The van der Waals surface area contributed by atoms with Crippen LogP contribution in [0.2, 0.25) is 0 Å². The highest BCUT2D eigenvalue weighted by Gasteiger charge is 2.76. The van der Waals surface area contributed by atoms with E-state index in [-0.39, 0.29) is 30.3 Å². The van der Waals surface area contributed by atoms with Gasteiger partial charge in [-0.25, -0.2) is 0 Å². The molecule has 0 amide bonds. The van der Waals surface area contributed by atoms with Gasteiger partial charge >= 0.3 is 0 Å². The standard InChI is InChI=1S/C23H30O5.C3H8/c1-20-9-4-3-5-15(20)6-7-16-17-8-10-22(21(17,2)11-18(24)19(16)20)23(28-14-26-22)12-25-13-27-23;1-3-2/h4-5,9,16-17,19H,3,6-8,10-14H2,1-2H3;3H2,1-2H3/t16-,17-,19+,20-,21-,22+,23?;/m0./s1. The number of hydrogen-bond acceptors (Lipinski definition) is 5. The van der Waals surface area contributed by atoms with Crippen LogP contribution in [0.1, 0.15) is 72.6 Å². The summed E-state index contributed by atoms with van der Waals surface area (Å²) in [6.07, 6.45) is 13.9. The molecular weight excluding hydrogens is 392 g/mol. The van der Waals surface area contributed by atoms with Gasteiger partial charge in [-0.15, -0.1) is 0 Å². The Hall–Kier alpha value is -1.01. The zero-order valence-electron chi connectivity index (χ0n) is 19.6. The molecule has 4 aliphatic carbocycles. The summed E-state index contributed by atoms with van der Waals surface area (Å²) in [7, 11) is 0. The molecule has 0 bridgehead atoms. The highest BCUT2D eigenvalue weighted by molar-refractivity contribution is 5.85. The number of rotatable bonds is 0. The second-order valence-corrected chi connectivity index (χ2v) is 10.8. The first-order valence-corrected chi connectivity index (χ1v) is 12.3. The van der Waals surface area contributed by atoms with Crippen LogP contribution in [0, 0.1) is 28.6 Å². The third-order valence-electron chi connectivity index (χ3n) is 9.31. The molecular formula is C26H38O5. The van der Waals surface area contributed by atoms with Crippen LogP contribution in [0.4, 0.5) is 0 Å². The molecule has 31 heavy (non-hydrogen) atoms. The lowest BCUT2D eigenvalue weighted by atomic mass is 9.46. The minimum Gasteiger partial charge on any atom is -0.350 e. The van der Waals surface area contributed by atoms with Gasteiger partial charge in [-0.3, -0.25) is 4.79 Å². The lowest BCUT2D eigenvalue weighted by Crippen LogP contribution is -2.65. The summed E-state index contributed by atoms with van der Waals surface area (Å²) in [5.41, 5.74) is 0.519. The Morgan fingerprint density at radius 3 is 2.61 bits per heavy atom. The Bertz CT molecular complexity index is 790. The lowest BCUT2D eigenvalue weighted by molar-refractivity contribution is -0.245. The van der Waals surface area contributed by atoms with Crippen LogP contribution in [0.15, 0.2) is 23.8 Å². The van der Waals surface area contributed by atoms with E-state index in [1.807, 2.05) is 0 Å². The second-order valence-electron chi connectivity index (χ2n) is 10.8. The van der Waals surface area contributed by atoms with Gasteiger partial charge in [-0.1, -0.05) is 57.9 Å². The van der Waals surface area contributed by atoms with E-state index >= 15 is 0 Å². The molecule has 5 fully saturated rings. The van der Waals surface area contributed by atoms with Crippen molar-refractivity contribution in [2.24, 2.45) is 28.6 Å². The number of allylic oxidation sites excluding steroid dienone is 4. The number of carbonyl (C=O) groups is 1. The Labute approximate surface area is 186 Å². The first kappa shape index (κ1) is 21.8. The summed E-state index contributed by atoms with van der Waals surface area (Å²) in [6.45, 7) is 9.66. The van der Waals surface area contributed by atoms with Crippen molar-refractivity contribution in [1.82, 2.24) is 0 Å². The number of ketones is 1. The molecule has 2 spiro atoms. The van der Waals surface area contributed by atoms with Crippen LogP contribution in [0.3, 0.4) is 0 Å². The zero-order valence-corrected chi connectivity index (χ0v) is 19.6. The molecule has 2 saturated heterocycles. The molecule has 7 atom stereocenters. The number of ether oxygens (including phenoxy) is 4. The molecule has 5 nitrogen and oxygen atoms in total. The topological polar surface area (TPSA) is 54.0 Å². The summed E-state index contributed by atoms with van der Waals surface area (Å²) < 4.78 is 24.0. The van der Waals surface area contributed by atoms with E-state index in [4.69, 9.17) is 18.9 Å². The molecule has 172 valence electrons. The van der Waals surface area contributed by atoms with Crippen molar-refractivity contribution >= 4 is 5.78 Å². The Kier molecular flexibility index (Phi) is 5.29. The third-order valence-corrected chi connectivity index (χ3v) is 9.31. The number of carbonyl (C=O) groups excluding carboxylic acids is 1. The van der Waals surface area contributed by atoms with E-state index in [1.54, 1.807) is 0 Å². The van der Waals surface area contributed by atoms with E-state index in [9.17, 15) is 4.79 Å². The zero-order chi connectivity index (χ0) is 21.9. The highest BCUT2D eigenvalue weighted by atomic mass is 16.9. The fourth-order valence-electron chi connectivity index (χ4n) is 8.15. The molecule has 0 aromatic heterocycles. The minimum atomic E-state index is -0.849. The van der Waals surface area contributed by atoms with Gasteiger partial charge < -0.3 is 18.9 Å². The monoisotopic (exact) mass is 430 g/mol. The van der Waals surface area contributed by atoms with E-state index in [0.717, 1.165) is 32.1 Å². The summed E-state index contributed by atoms with van der Waals surface area (Å²) in [5.74, 6) is 0.495. The highest BCUT2D eigenvalue weighted by Crippen LogP contribution is 2.70. The Balaban J connectivity index is 0.000000646. The van der Waals surface area contributed by atoms with Crippen molar-refractivity contribution in [3.05, 3.63) is 23.8 Å². The largest absolute Gasteiger partial charge is 0.350 e. The van der Waals surface area contributed by atoms with Crippen molar-refractivity contribution in [3.63, 3.8) is 0 Å². The third kappa shape index (κ3) is 2.73. The normalized spacial score (nSPS) is 50.0. The summed E-state index contributed by atoms with van der Waals surface area (Å²) >= 11 is 0. The smallest absolute Gasteiger partial charge is 0.226 e. The maximum atomic E-state index is 13.8. The average molecular weight is 431 g/mol. The fraction of sp³-hybridized carbons (Fsp3) is 0.808. The maximum Gasteiger partial charge on any atom is 0.226 e. The lowest BCUT2D eigenvalue weighted by Gasteiger charge is -2.58. The van der Waals surface area contributed by atoms with Gasteiger partial charge in [0.25, 0.3) is 0 Å². The molecule has 3 saturated carbocycles. The van der Waals surface area contributed by atoms with Crippen LogP contribution in [-0.4, -0.2) is 37.4 Å². The van der Waals surface area contributed by atoms with Crippen molar-refractivity contribution in [3.8, 4) is 0 Å². The summed E-state index contributed by atoms with van der Waals surface area (Å²) in [6, 6.07) is 0. The van der Waals surface area contributed by atoms with E-state index in [0.29, 0.717) is 30.6 Å². The number of fused-ring (bicyclic) bond motifs is 7. The van der Waals surface area contributed by atoms with Gasteiger partial charge in [-0.05, 0) is 43.9 Å². The first-order chi connectivity index (χ1) is 14.9. The van der Waals surface area contributed by atoms with Crippen molar-refractivity contribution < 1.29 is 23.7 Å². The van der Waals surface area contributed by atoms with Gasteiger partial charge in [0, 0.05) is 23.2 Å². The van der Waals surface area contributed by atoms with Gasteiger partial charge in [0.1, 0.15) is 18.0 Å². The van der Waals surface area contributed by atoms with E-state index < -0.39 is 11.4 Å². The molecule has 0 N–H and O–H groups in total. The quantitative estimate of drug-likeness (QED) is 0.497. The van der Waals surface area contributed by atoms with Crippen molar-refractivity contribution in [2.75, 3.05) is 20.2 Å². The summed E-state index contributed by atoms with van der Waals surface area (Å²) in [5, 5.41) is 0. The van der Waals surface area contributed by atoms with Gasteiger partial charge in [-0.2, -0.15) is 0 Å². The molecule has 0 radical (unpaired) electrons. The van der Waals surface area contributed by atoms with Gasteiger partial charge in [0.2, 0.25) is 5.79 Å². The average Bonchev–Trinajstić information content (AvgIpc) is 3.43. The maximum absolute atomic E-state index is 13.8. The molecule has 2 heterocycles. The van der Waals surface area contributed by atoms with E-state index in [1.165, 1.54) is 12.0 Å². The van der Waals surface area contributed by atoms with Crippen LogP contribution >= 0.6 is 0 Å². The molecule has 1 unspecified atom stereocenters. The van der Waals surface area contributed by atoms with Crippen molar-refractivity contribution in [1.29, 1.82) is 0 Å². The molecule has 5 heteroatoms. The van der Waals surface area contributed by atoms with Gasteiger partial charge in [0.15, 0.2) is 13.6 Å². The number of hydrogen-bond donors (Lipinski definition) is 0. The summed E-state index contributed by atoms with van der Waals surface area (Å²) in [4.78, 5) is 13.8.